The van der Waals surface area contributed by atoms with Gasteiger partial charge in [-0.15, -0.1) is 0 Å². The number of hydrogen-bond acceptors (Lipinski definition) is 3. The summed E-state index contributed by atoms with van der Waals surface area (Å²) < 4.78 is 11.1. The SMILES string of the molecule is CCC(C)Oc1ccc(NC(=O)C2(c3ccc(OC)cc3)CCCC2)cc1. The molecule has 0 radical (unpaired) electrons. The van der Waals surface area contributed by atoms with Gasteiger partial charge in [0.2, 0.25) is 5.91 Å². The highest BCUT2D eigenvalue weighted by Gasteiger charge is 2.42. The Bertz CT molecular complexity index is 746. The van der Waals surface area contributed by atoms with Gasteiger partial charge in [-0.2, -0.15) is 0 Å². The van der Waals surface area contributed by atoms with Gasteiger partial charge in [0, 0.05) is 5.69 Å². The first-order valence-corrected chi connectivity index (χ1v) is 9.80. The van der Waals surface area contributed by atoms with Crippen LogP contribution in [0.3, 0.4) is 0 Å². The van der Waals surface area contributed by atoms with Crippen molar-refractivity contribution in [2.24, 2.45) is 0 Å². The molecule has 1 aliphatic carbocycles. The summed E-state index contributed by atoms with van der Waals surface area (Å²) in [5.74, 6) is 1.71. The average molecular weight is 367 g/mol. The van der Waals surface area contributed by atoms with E-state index >= 15 is 0 Å². The second-order valence-corrected chi connectivity index (χ2v) is 7.33. The van der Waals surface area contributed by atoms with E-state index in [4.69, 9.17) is 9.47 Å². The Morgan fingerprint density at radius 1 is 1.04 bits per heavy atom. The van der Waals surface area contributed by atoms with Crippen LogP contribution in [0.15, 0.2) is 48.5 Å². The molecular weight excluding hydrogens is 338 g/mol. The van der Waals surface area contributed by atoms with Crippen LogP contribution in [0, 0.1) is 0 Å². The Balaban J connectivity index is 1.75. The summed E-state index contributed by atoms with van der Waals surface area (Å²) in [5.41, 5.74) is 1.41. The maximum Gasteiger partial charge on any atom is 0.235 e. The predicted molar refractivity (Wildman–Crippen MR) is 109 cm³/mol. The van der Waals surface area contributed by atoms with Crippen molar-refractivity contribution in [1.29, 1.82) is 0 Å². The summed E-state index contributed by atoms with van der Waals surface area (Å²) in [7, 11) is 1.65. The minimum absolute atomic E-state index is 0.0701. The van der Waals surface area contributed by atoms with Crippen molar-refractivity contribution in [1.82, 2.24) is 0 Å². The quantitative estimate of drug-likeness (QED) is 0.720. The maximum absolute atomic E-state index is 13.2. The Morgan fingerprint density at radius 3 is 2.19 bits per heavy atom. The van der Waals surface area contributed by atoms with Gasteiger partial charge in [0.1, 0.15) is 11.5 Å². The second-order valence-electron chi connectivity index (χ2n) is 7.33. The highest BCUT2D eigenvalue weighted by atomic mass is 16.5. The lowest BCUT2D eigenvalue weighted by Gasteiger charge is -2.28. The third-order valence-electron chi connectivity index (χ3n) is 5.56. The third kappa shape index (κ3) is 4.26. The molecule has 2 aromatic rings. The van der Waals surface area contributed by atoms with E-state index < -0.39 is 5.41 Å². The number of methoxy groups -OCH3 is 1. The fourth-order valence-electron chi connectivity index (χ4n) is 3.72. The zero-order valence-electron chi connectivity index (χ0n) is 16.5. The zero-order valence-corrected chi connectivity index (χ0v) is 16.5. The van der Waals surface area contributed by atoms with Crippen molar-refractivity contribution < 1.29 is 14.3 Å². The molecule has 1 fully saturated rings. The number of carbonyl (C=O) groups excluding carboxylic acids is 1. The number of amides is 1. The first-order chi connectivity index (χ1) is 13.1. The lowest BCUT2D eigenvalue weighted by molar-refractivity contribution is -0.121. The first kappa shape index (κ1) is 19.3. The lowest BCUT2D eigenvalue weighted by atomic mass is 9.78. The minimum atomic E-state index is -0.460. The Kier molecular flexibility index (Phi) is 6.04. The van der Waals surface area contributed by atoms with Crippen LogP contribution in [-0.4, -0.2) is 19.1 Å². The molecule has 0 saturated heterocycles. The van der Waals surface area contributed by atoms with Crippen molar-refractivity contribution in [3.63, 3.8) is 0 Å². The molecule has 27 heavy (non-hydrogen) atoms. The van der Waals surface area contributed by atoms with Crippen LogP contribution >= 0.6 is 0 Å². The van der Waals surface area contributed by atoms with Gasteiger partial charge in [-0.1, -0.05) is 31.9 Å². The molecule has 144 valence electrons. The van der Waals surface area contributed by atoms with Crippen molar-refractivity contribution in [3.05, 3.63) is 54.1 Å². The lowest BCUT2D eigenvalue weighted by Crippen LogP contribution is -2.37. The van der Waals surface area contributed by atoms with Gasteiger partial charge in [-0.05, 0) is 68.1 Å². The van der Waals surface area contributed by atoms with Crippen molar-refractivity contribution >= 4 is 11.6 Å². The van der Waals surface area contributed by atoms with E-state index in [-0.39, 0.29) is 12.0 Å². The monoisotopic (exact) mass is 367 g/mol. The summed E-state index contributed by atoms with van der Waals surface area (Å²) in [6, 6.07) is 15.6. The van der Waals surface area contributed by atoms with Crippen LogP contribution < -0.4 is 14.8 Å². The number of carbonyl (C=O) groups is 1. The molecule has 2 aromatic carbocycles. The maximum atomic E-state index is 13.2. The highest BCUT2D eigenvalue weighted by molar-refractivity contribution is 5.99. The molecule has 0 heterocycles. The summed E-state index contributed by atoms with van der Waals surface area (Å²) >= 11 is 0. The fourth-order valence-corrected chi connectivity index (χ4v) is 3.72. The molecule has 4 nitrogen and oxygen atoms in total. The number of nitrogens with one attached hydrogen (secondary N) is 1. The smallest absolute Gasteiger partial charge is 0.235 e. The molecular formula is C23H29NO3. The van der Waals surface area contributed by atoms with Crippen LogP contribution in [0.1, 0.15) is 51.5 Å². The normalized spacial score (nSPS) is 16.6. The van der Waals surface area contributed by atoms with Crippen LogP contribution in [0.25, 0.3) is 0 Å². The molecule has 1 amide bonds. The number of rotatable bonds is 7. The number of anilines is 1. The van der Waals surface area contributed by atoms with Crippen LogP contribution in [0.4, 0.5) is 5.69 Å². The molecule has 0 spiro atoms. The predicted octanol–water partition coefficient (Wildman–Crippen LogP) is 5.32. The van der Waals surface area contributed by atoms with Crippen LogP contribution in [0.5, 0.6) is 11.5 Å². The van der Waals surface area contributed by atoms with Gasteiger partial charge in [0.05, 0.1) is 18.6 Å². The van der Waals surface area contributed by atoms with Crippen LogP contribution in [-0.2, 0) is 10.2 Å². The summed E-state index contributed by atoms with van der Waals surface area (Å²) in [5, 5.41) is 3.12. The molecule has 0 aromatic heterocycles. The summed E-state index contributed by atoms with van der Waals surface area (Å²) in [4.78, 5) is 13.2. The van der Waals surface area contributed by atoms with Crippen molar-refractivity contribution in [2.75, 3.05) is 12.4 Å². The topological polar surface area (TPSA) is 47.6 Å². The van der Waals surface area contributed by atoms with E-state index in [1.807, 2.05) is 55.5 Å². The molecule has 1 atom stereocenters. The van der Waals surface area contributed by atoms with Crippen LogP contribution in [0.2, 0.25) is 0 Å². The molecule has 0 aliphatic heterocycles. The summed E-state index contributed by atoms with van der Waals surface area (Å²) in [6.45, 7) is 4.15. The molecule has 1 unspecified atom stereocenters. The Morgan fingerprint density at radius 2 is 1.63 bits per heavy atom. The molecule has 0 bridgehead atoms. The van der Waals surface area contributed by atoms with E-state index in [1.54, 1.807) is 7.11 Å². The zero-order chi connectivity index (χ0) is 19.3. The van der Waals surface area contributed by atoms with Gasteiger partial charge in [-0.3, -0.25) is 4.79 Å². The first-order valence-electron chi connectivity index (χ1n) is 9.80. The van der Waals surface area contributed by atoms with Gasteiger partial charge in [0.25, 0.3) is 0 Å². The standard InChI is InChI=1S/C23H29NO3/c1-4-17(2)27-21-13-9-19(10-14-21)24-22(25)23(15-5-6-16-23)18-7-11-20(26-3)12-8-18/h7-14,17H,4-6,15-16H2,1-3H3,(H,24,25). The molecule has 1 saturated carbocycles. The van der Waals surface area contributed by atoms with E-state index in [0.29, 0.717) is 0 Å². The van der Waals surface area contributed by atoms with Crippen molar-refractivity contribution in [3.8, 4) is 11.5 Å². The largest absolute Gasteiger partial charge is 0.497 e. The van der Waals surface area contributed by atoms with E-state index in [0.717, 1.165) is 54.9 Å². The molecule has 3 rings (SSSR count). The number of benzene rings is 2. The molecule has 1 aliphatic rings. The minimum Gasteiger partial charge on any atom is -0.497 e. The van der Waals surface area contributed by atoms with Gasteiger partial charge >= 0.3 is 0 Å². The summed E-state index contributed by atoms with van der Waals surface area (Å²) in [6.07, 6.45) is 5.04. The fraction of sp³-hybridized carbons (Fsp3) is 0.435. The number of hydrogen-bond donors (Lipinski definition) is 1. The van der Waals surface area contributed by atoms with Gasteiger partial charge in [0.15, 0.2) is 0 Å². The Labute approximate surface area is 161 Å². The Hall–Kier alpha value is -2.49. The number of ether oxygens (including phenoxy) is 2. The van der Waals surface area contributed by atoms with Gasteiger partial charge < -0.3 is 14.8 Å². The van der Waals surface area contributed by atoms with E-state index in [1.165, 1.54) is 0 Å². The third-order valence-corrected chi connectivity index (χ3v) is 5.56. The van der Waals surface area contributed by atoms with Gasteiger partial charge in [-0.25, -0.2) is 0 Å². The second kappa shape index (κ2) is 8.47. The highest BCUT2D eigenvalue weighted by Crippen LogP contribution is 2.42. The van der Waals surface area contributed by atoms with Crippen molar-refractivity contribution in [2.45, 2.75) is 57.5 Å². The van der Waals surface area contributed by atoms with E-state index in [9.17, 15) is 4.79 Å². The van der Waals surface area contributed by atoms with E-state index in [2.05, 4.69) is 12.2 Å². The molecule has 1 N–H and O–H groups in total. The average Bonchev–Trinajstić information content (AvgIpc) is 3.20. The molecule has 4 heteroatoms.